The van der Waals surface area contributed by atoms with E-state index in [0.717, 1.165) is 25.9 Å². The zero-order valence-electron chi connectivity index (χ0n) is 12.1. The first-order chi connectivity index (χ1) is 9.39. The molecule has 2 rings (SSSR count). The highest BCUT2D eigenvalue weighted by atomic mass is 19.1. The van der Waals surface area contributed by atoms with Crippen LogP contribution in [0.5, 0.6) is 0 Å². The number of hydrogen-bond donors (Lipinski definition) is 2. The standard InChI is InChI=1S/C15H22FN3O/c1-15(5-7-19(2)8-6-15)10-18-14(20)12-4-3-11(16)9-13(12)17/h3-4,9H,5-8,10,17H2,1-2H3,(H,18,20). The first kappa shape index (κ1) is 14.8. The maximum atomic E-state index is 13.0. The summed E-state index contributed by atoms with van der Waals surface area (Å²) >= 11 is 0. The number of hydrogen-bond acceptors (Lipinski definition) is 3. The summed E-state index contributed by atoms with van der Waals surface area (Å²) in [4.78, 5) is 14.4. The highest BCUT2D eigenvalue weighted by Gasteiger charge is 2.29. The van der Waals surface area contributed by atoms with E-state index in [9.17, 15) is 9.18 Å². The smallest absolute Gasteiger partial charge is 0.253 e. The van der Waals surface area contributed by atoms with Crippen molar-refractivity contribution in [2.24, 2.45) is 5.41 Å². The van der Waals surface area contributed by atoms with Crippen molar-refractivity contribution < 1.29 is 9.18 Å². The quantitative estimate of drug-likeness (QED) is 0.830. The molecule has 0 bridgehead atoms. The SMILES string of the molecule is CN1CCC(C)(CNC(=O)c2ccc(F)cc2N)CC1. The number of carbonyl (C=O) groups is 1. The van der Waals surface area contributed by atoms with Gasteiger partial charge in [0, 0.05) is 12.2 Å². The third kappa shape index (κ3) is 3.48. The van der Waals surface area contributed by atoms with Crippen molar-refractivity contribution in [1.82, 2.24) is 10.2 Å². The fourth-order valence-electron chi connectivity index (χ4n) is 2.46. The van der Waals surface area contributed by atoms with E-state index in [0.29, 0.717) is 12.1 Å². The van der Waals surface area contributed by atoms with Crippen LogP contribution in [0, 0.1) is 11.2 Å². The molecular formula is C15H22FN3O. The van der Waals surface area contributed by atoms with Crippen LogP contribution in [-0.2, 0) is 0 Å². The second-order valence-corrected chi connectivity index (χ2v) is 6.03. The molecular weight excluding hydrogens is 257 g/mol. The Labute approximate surface area is 119 Å². The molecule has 20 heavy (non-hydrogen) atoms. The van der Waals surface area contributed by atoms with Crippen molar-refractivity contribution in [3.8, 4) is 0 Å². The summed E-state index contributed by atoms with van der Waals surface area (Å²) in [6, 6.07) is 3.85. The summed E-state index contributed by atoms with van der Waals surface area (Å²) in [6.45, 7) is 4.90. The number of nitrogens with one attached hydrogen (secondary N) is 1. The molecule has 1 aliphatic heterocycles. The van der Waals surface area contributed by atoms with Crippen molar-refractivity contribution in [2.45, 2.75) is 19.8 Å². The lowest BCUT2D eigenvalue weighted by atomic mass is 9.80. The van der Waals surface area contributed by atoms with Crippen molar-refractivity contribution in [3.63, 3.8) is 0 Å². The Morgan fingerprint density at radius 3 is 2.70 bits per heavy atom. The Morgan fingerprint density at radius 1 is 1.45 bits per heavy atom. The molecule has 0 atom stereocenters. The first-order valence-corrected chi connectivity index (χ1v) is 6.91. The number of amides is 1. The van der Waals surface area contributed by atoms with Gasteiger partial charge in [-0.2, -0.15) is 0 Å². The predicted octanol–water partition coefficient (Wildman–Crippen LogP) is 1.87. The van der Waals surface area contributed by atoms with Gasteiger partial charge in [-0.1, -0.05) is 6.92 Å². The van der Waals surface area contributed by atoms with Crippen molar-refractivity contribution in [2.75, 3.05) is 32.4 Å². The molecule has 1 fully saturated rings. The zero-order chi connectivity index (χ0) is 14.8. The molecule has 5 heteroatoms. The Balaban J connectivity index is 1.95. The van der Waals surface area contributed by atoms with Gasteiger partial charge in [-0.25, -0.2) is 4.39 Å². The van der Waals surface area contributed by atoms with Crippen LogP contribution < -0.4 is 11.1 Å². The molecule has 4 nitrogen and oxygen atoms in total. The van der Waals surface area contributed by atoms with Crippen LogP contribution in [0.15, 0.2) is 18.2 Å². The number of carbonyl (C=O) groups excluding carboxylic acids is 1. The summed E-state index contributed by atoms with van der Waals surface area (Å²) in [6.07, 6.45) is 2.12. The van der Waals surface area contributed by atoms with Gasteiger partial charge >= 0.3 is 0 Å². The lowest BCUT2D eigenvalue weighted by molar-refractivity contribution is 0.0892. The van der Waals surface area contributed by atoms with E-state index in [1.54, 1.807) is 0 Å². The van der Waals surface area contributed by atoms with Crippen LogP contribution in [0.25, 0.3) is 0 Å². The number of rotatable bonds is 3. The largest absolute Gasteiger partial charge is 0.398 e. The fraction of sp³-hybridized carbons (Fsp3) is 0.533. The number of piperidine rings is 1. The minimum absolute atomic E-state index is 0.122. The molecule has 0 radical (unpaired) electrons. The molecule has 0 aliphatic carbocycles. The number of likely N-dealkylation sites (tertiary alicyclic amines) is 1. The molecule has 0 aromatic heterocycles. The monoisotopic (exact) mass is 279 g/mol. The predicted molar refractivity (Wildman–Crippen MR) is 78.0 cm³/mol. The van der Waals surface area contributed by atoms with Gasteiger partial charge in [0.15, 0.2) is 0 Å². The van der Waals surface area contributed by atoms with Crippen LogP contribution in [-0.4, -0.2) is 37.5 Å². The molecule has 1 aromatic carbocycles. The van der Waals surface area contributed by atoms with Crippen LogP contribution in [0.2, 0.25) is 0 Å². The number of nitrogen functional groups attached to an aromatic ring is 1. The zero-order valence-corrected chi connectivity index (χ0v) is 12.1. The number of benzene rings is 1. The average Bonchev–Trinajstić information content (AvgIpc) is 2.40. The number of halogens is 1. The van der Waals surface area contributed by atoms with Crippen LogP contribution in [0.1, 0.15) is 30.1 Å². The Morgan fingerprint density at radius 2 is 2.10 bits per heavy atom. The van der Waals surface area contributed by atoms with Crippen LogP contribution in [0.4, 0.5) is 10.1 Å². The fourth-order valence-corrected chi connectivity index (χ4v) is 2.46. The summed E-state index contributed by atoms with van der Waals surface area (Å²) in [5, 5.41) is 2.92. The van der Waals surface area contributed by atoms with Crippen molar-refractivity contribution in [3.05, 3.63) is 29.6 Å². The second-order valence-electron chi connectivity index (χ2n) is 6.03. The molecule has 110 valence electrons. The maximum Gasteiger partial charge on any atom is 0.253 e. The summed E-state index contributed by atoms with van der Waals surface area (Å²) in [7, 11) is 2.11. The van der Waals surface area contributed by atoms with Crippen LogP contribution in [0.3, 0.4) is 0 Å². The van der Waals surface area contributed by atoms with E-state index in [2.05, 4.69) is 24.2 Å². The number of nitrogens with zero attached hydrogens (tertiary/aromatic N) is 1. The van der Waals surface area contributed by atoms with Crippen LogP contribution >= 0.6 is 0 Å². The normalized spacial score (nSPS) is 18.8. The molecule has 0 unspecified atom stereocenters. The molecule has 3 N–H and O–H groups in total. The van der Waals surface area contributed by atoms with Gasteiger partial charge in [-0.15, -0.1) is 0 Å². The average molecular weight is 279 g/mol. The van der Waals surface area contributed by atoms with E-state index in [4.69, 9.17) is 5.73 Å². The van der Waals surface area contributed by atoms with E-state index in [-0.39, 0.29) is 17.0 Å². The molecule has 1 saturated heterocycles. The minimum Gasteiger partial charge on any atom is -0.398 e. The summed E-state index contributed by atoms with van der Waals surface area (Å²) < 4.78 is 13.0. The molecule has 1 aromatic rings. The third-order valence-corrected chi connectivity index (χ3v) is 4.13. The third-order valence-electron chi connectivity index (χ3n) is 4.13. The van der Waals surface area contributed by atoms with Gasteiger partial charge in [-0.3, -0.25) is 4.79 Å². The van der Waals surface area contributed by atoms with Gasteiger partial charge in [0.2, 0.25) is 0 Å². The molecule has 1 aliphatic rings. The minimum atomic E-state index is -0.429. The van der Waals surface area contributed by atoms with E-state index in [1.165, 1.54) is 18.2 Å². The van der Waals surface area contributed by atoms with Gasteiger partial charge < -0.3 is 16.0 Å². The van der Waals surface area contributed by atoms with Gasteiger partial charge in [0.1, 0.15) is 5.82 Å². The Kier molecular flexibility index (Phi) is 4.28. The van der Waals surface area contributed by atoms with E-state index >= 15 is 0 Å². The molecule has 0 spiro atoms. The lowest BCUT2D eigenvalue weighted by Crippen LogP contribution is -2.43. The Bertz CT molecular complexity index is 496. The van der Waals surface area contributed by atoms with Gasteiger partial charge in [-0.05, 0) is 56.6 Å². The van der Waals surface area contributed by atoms with Gasteiger partial charge in [0.25, 0.3) is 5.91 Å². The molecule has 1 amide bonds. The van der Waals surface area contributed by atoms with E-state index in [1.807, 2.05) is 0 Å². The maximum absolute atomic E-state index is 13.0. The first-order valence-electron chi connectivity index (χ1n) is 6.91. The van der Waals surface area contributed by atoms with Crippen molar-refractivity contribution >= 4 is 11.6 Å². The lowest BCUT2D eigenvalue weighted by Gasteiger charge is -2.38. The number of nitrogens with two attached hydrogens (primary N) is 1. The molecule has 0 saturated carbocycles. The molecule has 1 heterocycles. The Hall–Kier alpha value is -1.62. The highest BCUT2D eigenvalue weighted by molar-refractivity contribution is 5.99. The second kappa shape index (κ2) is 5.79. The summed E-state index contributed by atoms with van der Waals surface area (Å²) in [5.41, 5.74) is 6.31. The highest BCUT2D eigenvalue weighted by Crippen LogP contribution is 2.29. The summed E-state index contributed by atoms with van der Waals surface area (Å²) in [5.74, 6) is -0.663. The van der Waals surface area contributed by atoms with Gasteiger partial charge in [0.05, 0.1) is 5.56 Å². The van der Waals surface area contributed by atoms with E-state index < -0.39 is 5.82 Å². The topological polar surface area (TPSA) is 58.4 Å². The van der Waals surface area contributed by atoms with Crippen molar-refractivity contribution in [1.29, 1.82) is 0 Å². The number of anilines is 1.